The molecule has 6 heteroatoms. The number of piperazine rings is 1. The Morgan fingerprint density at radius 2 is 1.78 bits per heavy atom. The number of amides is 2. The summed E-state index contributed by atoms with van der Waals surface area (Å²) in [5.41, 5.74) is 0. The maximum absolute atomic E-state index is 12.5. The van der Waals surface area contributed by atoms with Crippen molar-refractivity contribution < 1.29 is 9.59 Å². The molecule has 2 amide bonds. The minimum absolute atomic E-state index is 0.246. The molecule has 2 fully saturated rings. The van der Waals surface area contributed by atoms with Crippen molar-refractivity contribution in [2.75, 3.05) is 52.9 Å². The number of nitrogens with zero attached hydrogens (tertiary/aromatic N) is 3. The van der Waals surface area contributed by atoms with Crippen molar-refractivity contribution in [2.45, 2.75) is 45.1 Å². The Morgan fingerprint density at radius 1 is 1.04 bits per heavy atom. The highest BCUT2D eigenvalue weighted by atomic mass is 16.2. The van der Waals surface area contributed by atoms with Crippen LogP contribution in [0.25, 0.3) is 0 Å². The number of likely N-dealkylation sites (tertiary alicyclic amines) is 1. The van der Waals surface area contributed by atoms with Gasteiger partial charge in [-0.1, -0.05) is 0 Å². The summed E-state index contributed by atoms with van der Waals surface area (Å²) in [5, 5.41) is 3.07. The van der Waals surface area contributed by atoms with Crippen molar-refractivity contribution in [2.24, 2.45) is 0 Å². The maximum atomic E-state index is 12.5. The van der Waals surface area contributed by atoms with Crippen LogP contribution >= 0.6 is 0 Å². The van der Waals surface area contributed by atoms with E-state index in [0.717, 1.165) is 58.5 Å². The summed E-state index contributed by atoms with van der Waals surface area (Å²) in [5.74, 6) is 0.502. The number of hydrogen-bond acceptors (Lipinski definition) is 4. The fraction of sp³-hybridized carbons (Fsp3) is 0.882. The second-order valence-electron chi connectivity index (χ2n) is 6.80. The molecule has 0 spiro atoms. The second-order valence-corrected chi connectivity index (χ2v) is 6.80. The summed E-state index contributed by atoms with van der Waals surface area (Å²) < 4.78 is 0. The number of rotatable bonds is 6. The molecule has 2 rings (SSSR count). The predicted octanol–water partition coefficient (Wildman–Crippen LogP) is 0.531. The molecule has 2 aliphatic heterocycles. The molecule has 1 N–H and O–H groups in total. The SMILES string of the molecule is CNCCCC(=O)N1CCN(CC(=O)N2CCCCC2C)CC1. The molecule has 1 unspecified atom stereocenters. The van der Waals surface area contributed by atoms with Gasteiger partial charge in [-0.25, -0.2) is 0 Å². The highest BCUT2D eigenvalue weighted by molar-refractivity contribution is 5.79. The Labute approximate surface area is 140 Å². The van der Waals surface area contributed by atoms with Crippen molar-refractivity contribution in [1.82, 2.24) is 20.0 Å². The van der Waals surface area contributed by atoms with E-state index in [1.807, 2.05) is 16.8 Å². The Bertz CT molecular complexity index is 394. The topological polar surface area (TPSA) is 55.9 Å². The van der Waals surface area contributed by atoms with E-state index in [4.69, 9.17) is 0 Å². The van der Waals surface area contributed by atoms with Crippen LogP contribution in [0.4, 0.5) is 0 Å². The van der Waals surface area contributed by atoms with Gasteiger partial charge in [-0.3, -0.25) is 14.5 Å². The summed E-state index contributed by atoms with van der Waals surface area (Å²) in [7, 11) is 1.91. The van der Waals surface area contributed by atoms with Crippen molar-refractivity contribution in [3.63, 3.8) is 0 Å². The van der Waals surface area contributed by atoms with Crippen LogP contribution in [0.1, 0.15) is 39.0 Å². The first-order valence-corrected chi connectivity index (χ1v) is 9.06. The number of piperidine rings is 1. The quantitative estimate of drug-likeness (QED) is 0.724. The molecule has 0 bridgehead atoms. The lowest BCUT2D eigenvalue weighted by atomic mass is 10.0. The molecular formula is C17H32N4O2. The van der Waals surface area contributed by atoms with E-state index in [2.05, 4.69) is 17.1 Å². The average Bonchev–Trinajstić information content (AvgIpc) is 2.56. The molecule has 23 heavy (non-hydrogen) atoms. The van der Waals surface area contributed by atoms with Crippen LogP contribution in [0.5, 0.6) is 0 Å². The van der Waals surface area contributed by atoms with Gasteiger partial charge in [0.25, 0.3) is 0 Å². The maximum Gasteiger partial charge on any atom is 0.236 e. The number of hydrogen-bond donors (Lipinski definition) is 1. The largest absolute Gasteiger partial charge is 0.340 e. The summed E-state index contributed by atoms with van der Waals surface area (Å²) >= 11 is 0. The summed E-state index contributed by atoms with van der Waals surface area (Å²) in [6.45, 7) is 7.57. The first kappa shape index (κ1) is 18.2. The molecule has 0 aliphatic carbocycles. The third-order valence-corrected chi connectivity index (χ3v) is 5.02. The van der Waals surface area contributed by atoms with Crippen LogP contribution in [-0.2, 0) is 9.59 Å². The van der Waals surface area contributed by atoms with Gasteiger partial charge < -0.3 is 15.1 Å². The zero-order valence-corrected chi connectivity index (χ0v) is 14.7. The molecule has 0 saturated carbocycles. The smallest absolute Gasteiger partial charge is 0.236 e. The van der Waals surface area contributed by atoms with Crippen LogP contribution in [0.3, 0.4) is 0 Å². The first-order valence-electron chi connectivity index (χ1n) is 9.06. The van der Waals surface area contributed by atoms with Crippen LogP contribution in [-0.4, -0.2) is 85.4 Å². The molecule has 1 atom stereocenters. The zero-order valence-electron chi connectivity index (χ0n) is 14.7. The van der Waals surface area contributed by atoms with E-state index in [0.29, 0.717) is 19.0 Å². The Kier molecular flexibility index (Phi) is 7.30. The number of carbonyl (C=O) groups excluding carboxylic acids is 2. The molecule has 2 aliphatic rings. The summed E-state index contributed by atoms with van der Waals surface area (Å²) in [6, 6.07) is 0.381. The van der Waals surface area contributed by atoms with Gasteiger partial charge in [0.15, 0.2) is 0 Å². The second kappa shape index (κ2) is 9.23. The lowest BCUT2D eigenvalue weighted by molar-refractivity contribution is -0.137. The van der Waals surface area contributed by atoms with E-state index < -0.39 is 0 Å². The van der Waals surface area contributed by atoms with E-state index in [1.165, 1.54) is 6.42 Å². The standard InChI is InChI=1S/C17H32N4O2/c1-15-6-3-4-9-21(15)17(23)14-19-10-12-20(13-11-19)16(22)7-5-8-18-2/h15,18H,3-14H2,1-2H3. The summed E-state index contributed by atoms with van der Waals surface area (Å²) in [4.78, 5) is 30.7. The van der Waals surface area contributed by atoms with Gasteiger partial charge in [0.1, 0.15) is 0 Å². The molecule has 2 heterocycles. The summed E-state index contributed by atoms with van der Waals surface area (Å²) in [6.07, 6.45) is 5.00. The molecule has 6 nitrogen and oxygen atoms in total. The van der Waals surface area contributed by atoms with Crippen LogP contribution in [0.15, 0.2) is 0 Å². The highest BCUT2D eigenvalue weighted by Crippen LogP contribution is 2.17. The van der Waals surface area contributed by atoms with Gasteiger partial charge in [0.2, 0.25) is 11.8 Å². The highest BCUT2D eigenvalue weighted by Gasteiger charge is 2.27. The van der Waals surface area contributed by atoms with Crippen molar-refractivity contribution >= 4 is 11.8 Å². The molecule has 0 aromatic heterocycles. The Morgan fingerprint density at radius 3 is 2.43 bits per heavy atom. The van der Waals surface area contributed by atoms with Crippen molar-refractivity contribution in [3.05, 3.63) is 0 Å². The third kappa shape index (κ3) is 5.46. The minimum Gasteiger partial charge on any atom is -0.340 e. The van der Waals surface area contributed by atoms with Gasteiger partial charge in [-0.2, -0.15) is 0 Å². The van der Waals surface area contributed by atoms with E-state index in [1.54, 1.807) is 0 Å². The first-order chi connectivity index (χ1) is 11.1. The van der Waals surface area contributed by atoms with Crippen LogP contribution in [0, 0.1) is 0 Å². The predicted molar refractivity (Wildman–Crippen MR) is 91.2 cm³/mol. The fourth-order valence-corrected chi connectivity index (χ4v) is 3.48. The van der Waals surface area contributed by atoms with Crippen LogP contribution in [0.2, 0.25) is 0 Å². The minimum atomic E-state index is 0.246. The average molecular weight is 324 g/mol. The molecular weight excluding hydrogens is 292 g/mol. The van der Waals surface area contributed by atoms with Gasteiger partial charge in [-0.05, 0) is 46.2 Å². The van der Waals surface area contributed by atoms with Gasteiger partial charge >= 0.3 is 0 Å². The molecule has 0 aromatic rings. The van der Waals surface area contributed by atoms with E-state index in [9.17, 15) is 9.59 Å². The lowest BCUT2D eigenvalue weighted by Crippen LogP contribution is -2.53. The normalized spacial score (nSPS) is 23.1. The van der Waals surface area contributed by atoms with Gasteiger partial charge in [0.05, 0.1) is 6.54 Å². The number of carbonyl (C=O) groups is 2. The Balaban J connectivity index is 1.69. The van der Waals surface area contributed by atoms with Crippen LogP contribution < -0.4 is 5.32 Å². The number of nitrogens with one attached hydrogen (secondary N) is 1. The van der Waals surface area contributed by atoms with E-state index in [-0.39, 0.29) is 11.8 Å². The monoisotopic (exact) mass is 324 g/mol. The van der Waals surface area contributed by atoms with Gasteiger partial charge in [0, 0.05) is 45.2 Å². The molecule has 132 valence electrons. The van der Waals surface area contributed by atoms with E-state index >= 15 is 0 Å². The zero-order chi connectivity index (χ0) is 16.7. The molecule has 2 saturated heterocycles. The lowest BCUT2D eigenvalue weighted by Gasteiger charge is -2.38. The Hall–Kier alpha value is -1.14. The fourth-order valence-electron chi connectivity index (χ4n) is 3.48. The third-order valence-electron chi connectivity index (χ3n) is 5.02. The van der Waals surface area contributed by atoms with Crippen molar-refractivity contribution in [3.8, 4) is 0 Å². The van der Waals surface area contributed by atoms with Gasteiger partial charge in [-0.15, -0.1) is 0 Å². The molecule has 0 aromatic carbocycles. The van der Waals surface area contributed by atoms with Crippen molar-refractivity contribution in [1.29, 1.82) is 0 Å². The molecule has 0 radical (unpaired) electrons.